The number of pyridine rings is 1. The van der Waals surface area contributed by atoms with Crippen LogP contribution in [0, 0.1) is 5.82 Å². The van der Waals surface area contributed by atoms with Gasteiger partial charge in [-0.1, -0.05) is 0 Å². The van der Waals surface area contributed by atoms with Crippen molar-refractivity contribution in [3.63, 3.8) is 0 Å². The molecule has 2 aliphatic heterocycles. The van der Waals surface area contributed by atoms with Crippen molar-refractivity contribution >= 4 is 12.1 Å². The molecule has 8 heteroatoms. The number of nitrogens with zero attached hydrogens (tertiary/aromatic N) is 3. The van der Waals surface area contributed by atoms with Crippen LogP contribution in [0.5, 0.6) is 0 Å². The molecule has 0 aromatic carbocycles. The van der Waals surface area contributed by atoms with Crippen molar-refractivity contribution in [1.29, 1.82) is 0 Å². The lowest BCUT2D eigenvalue weighted by Gasteiger charge is -2.40. The van der Waals surface area contributed by atoms with Crippen molar-refractivity contribution in [2.24, 2.45) is 0 Å². The lowest BCUT2D eigenvalue weighted by molar-refractivity contribution is 0.118. The van der Waals surface area contributed by atoms with Gasteiger partial charge in [0.25, 0.3) is 0 Å². The van der Waals surface area contributed by atoms with E-state index in [4.69, 9.17) is 0 Å². The Morgan fingerprint density at radius 3 is 2.88 bits per heavy atom. The smallest absolute Gasteiger partial charge is 0.317 e. The van der Waals surface area contributed by atoms with Gasteiger partial charge in [-0.25, -0.2) is 14.0 Å². The Labute approximate surface area is 140 Å². The fourth-order valence-electron chi connectivity index (χ4n) is 3.20. The molecular weight excluding hydrogens is 313 g/mol. The van der Waals surface area contributed by atoms with E-state index in [0.717, 1.165) is 32.4 Å². The van der Waals surface area contributed by atoms with Gasteiger partial charge in [0.15, 0.2) is 0 Å². The number of aromatic nitrogens is 1. The summed E-state index contributed by atoms with van der Waals surface area (Å²) in [5.41, 5.74) is 0.228. The van der Waals surface area contributed by atoms with Gasteiger partial charge in [0.1, 0.15) is 5.82 Å². The molecule has 24 heavy (non-hydrogen) atoms. The van der Waals surface area contributed by atoms with Crippen LogP contribution in [0.25, 0.3) is 0 Å². The van der Waals surface area contributed by atoms with Crippen LogP contribution in [0.15, 0.2) is 18.3 Å². The molecule has 0 unspecified atom stereocenters. The predicted octanol–water partition coefficient (Wildman–Crippen LogP) is 1.31. The Balaban J connectivity index is 1.46. The molecule has 2 N–H and O–H groups in total. The predicted molar refractivity (Wildman–Crippen MR) is 85.7 cm³/mol. The molecule has 0 saturated carbocycles. The van der Waals surface area contributed by atoms with Crippen LogP contribution in [0.1, 0.15) is 25.0 Å². The van der Waals surface area contributed by atoms with Crippen molar-refractivity contribution in [3.05, 3.63) is 29.8 Å². The average Bonchev–Trinajstić information content (AvgIpc) is 2.61. The summed E-state index contributed by atoms with van der Waals surface area (Å²) in [6.07, 6.45) is 3.99. The number of nitrogens with one attached hydrogen (secondary N) is 2. The van der Waals surface area contributed by atoms with Crippen molar-refractivity contribution in [3.8, 4) is 0 Å². The van der Waals surface area contributed by atoms with Crippen LogP contribution in [-0.2, 0) is 6.54 Å². The normalized spacial score (nSPS) is 19.1. The number of likely N-dealkylation sites (tertiary alicyclic amines) is 1. The molecule has 130 valence electrons. The van der Waals surface area contributed by atoms with Gasteiger partial charge in [-0.3, -0.25) is 4.98 Å². The van der Waals surface area contributed by atoms with E-state index in [-0.39, 0.29) is 30.3 Å². The SMILES string of the molecule is O=C(NCc1ncccc1F)N1CCC(N2CCCNC2=O)CC1. The maximum atomic E-state index is 13.5. The molecule has 4 amide bonds. The lowest BCUT2D eigenvalue weighted by Crippen LogP contribution is -2.55. The molecule has 2 saturated heterocycles. The second-order valence-corrected chi connectivity index (χ2v) is 6.09. The van der Waals surface area contributed by atoms with Gasteiger partial charge < -0.3 is 20.4 Å². The summed E-state index contributed by atoms with van der Waals surface area (Å²) in [5.74, 6) is -0.424. The molecule has 0 atom stereocenters. The molecule has 3 rings (SSSR count). The molecule has 0 bridgehead atoms. The third kappa shape index (κ3) is 3.74. The largest absolute Gasteiger partial charge is 0.338 e. The number of hydrogen-bond donors (Lipinski definition) is 2. The number of hydrogen-bond acceptors (Lipinski definition) is 3. The Morgan fingerprint density at radius 2 is 2.17 bits per heavy atom. The third-order valence-electron chi connectivity index (χ3n) is 4.55. The minimum Gasteiger partial charge on any atom is -0.338 e. The van der Waals surface area contributed by atoms with Crippen molar-refractivity contribution < 1.29 is 14.0 Å². The summed E-state index contributed by atoms with van der Waals surface area (Å²) < 4.78 is 13.5. The van der Waals surface area contributed by atoms with Gasteiger partial charge in [0, 0.05) is 38.4 Å². The first kappa shape index (κ1) is 16.5. The Hall–Kier alpha value is -2.38. The van der Waals surface area contributed by atoms with E-state index in [1.807, 2.05) is 4.90 Å². The highest BCUT2D eigenvalue weighted by molar-refractivity contribution is 5.76. The number of carbonyl (C=O) groups is 2. The number of piperidine rings is 1. The van der Waals surface area contributed by atoms with E-state index in [1.165, 1.54) is 18.3 Å². The minimum absolute atomic E-state index is 0.00483. The van der Waals surface area contributed by atoms with Gasteiger partial charge in [-0.2, -0.15) is 0 Å². The van der Waals surface area contributed by atoms with Gasteiger partial charge >= 0.3 is 12.1 Å². The van der Waals surface area contributed by atoms with E-state index in [2.05, 4.69) is 15.6 Å². The van der Waals surface area contributed by atoms with Crippen molar-refractivity contribution in [2.45, 2.75) is 31.8 Å². The molecule has 2 fully saturated rings. The molecule has 1 aromatic rings. The molecule has 0 spiro atoms. The highest BCUT2D eigenvalue weighted by Crippen LogP contribution is 2.18. The van der Waals surface area contributed by atoms with Crippen LogP contribution in [0.4, 0.5) is 14.0 Å². The molecular formula is C16H22FN5O2. The molecule has 7 nitrogen and oxygen atoms in total. The molecule has 2 aliphatic rings. The summed E-state index contributed by atoms with van der Waals surface area (Å²) in [7, 11) is 0. The van der Waals surface area contributed by atoms with Crippen LogP contribution in [0.3, 0.4) is 0 Å². The van der Waals surface area contributed by atoms with Crippen LogP contribution in [0.2, 0.25) is 0 Å². The summed E-state index contributed by atoms with van der Waals surface area (Å²) >= 11 is 0. The second kappa shape index (κ2) is 7.46. The van der Waals surface area contributed by atoms with Gasteiger partial charge in [-0.05, 0) is 31.4 Å². The Kier molecular flexibility index (Phi) is 5.12. The van der Waals surface area contributed by atoms with E-state index < -0.39 is 5.82 Å². The molecule has 0 aliphatic carbocycles. The number of halogens is 1. The summed E-state index contributed by atoms with van der Waals surface area (Å²) in [5, 5.41) is 5.56. The Morgan fingerprint density at radius 1 is 1.38 bits per heavy atom. The van der Waals surface area contributed by atoms with Gasteiger partial charge in [-0.15, -0.1) is 0 Å². The maximum Gasteiger partial charge on any atom is 0.317 e. The molecule has 1 aromatic heterocycles. The third-order valence-corrected chi connectivity index (χ3v) is 4.55. The van der Waals surface area contributed by atoms with Crippen molar-refractivity contribution in [1.82, 2.24) is 25.4 Å². The zero-order valence-electron chi connectivity index (χ0n) is 13.5. The minimum atomic E-state index is -0.424. The average molecular weight is 335 g/mol. The van der Waals surface area contributed by atoms with E-state index >= 15 is 0 Å². The topological polar surface area (TPSA) is 77.6 Å². The zero-order valence-corrected chi connectivity index (χ0v) is 13.5. The van der Waals surface area contributed by atoms with Crippen molar-refractivity contribution in [2.75, 3.05) is 26.2 Å². The van der Waals surface area contributed by atoms with E-state index in [9.17, 15) is 14.0 Å². The first-order valence-electron chi connectivity index (χ1n) is 8.32. The first-order valence-corrected chi connectivity index (χ1v) is 8.32. The first-order chi connectivity index (χ1) is 11.6. The molecule has 0 radical (unpaired) electrons. The highest BCUT2D eigenvalue weighted by atomic mass is 19.1. The summed E-state index contributed by atoms with van der Waals surface area (Å²) in [6, 6.07) is 2.80. The Bertz CT molecular complexity index is 604. The monoisotopic (exact) mass is 335 g/mol. The number of carbonyl (C=O) groups excluding carboxylic acids is 2. The van der Waals surface area contributed by atoms with Crippen LogP contribution in [-0.4, -0.2) is 59.1 Å². The second-order valence-electron chi connectivity index (χ2n) is 6.09. The lowest BCUT2D eigenvalue weighted by atomic mass is 10.0. The number of urea groups is 2. The molecule has 3 heterocycles. The quantitative estimate of drug-likeness (QED) is 0.874. The van der Waals surface area contributed by atoms with Crippen LogP contribution >= 0.6 is 0 Å². The van der Waals surface area contributed by atoms with Gasteiger partial charge in [0.2, 0.25) is 0 Å². The zero-order chi connectivity index (χ0) is 16.9. The van der Waals surface area contributed by atoms with Crippen LogP contribution < -0.4 is 10.6 Å². The maximum absolute atomic E-state index is 13.5. The number of rotatable bonds is 3. The summed E-state index contributed by atoms with van der Waals surface area (Å²) in [6.45, 7) is 2.76. The number of amides is 4. The van der Waals surface area contributed by atoms with E-state index in [0.29, 0.717) is 13.1 Å². The fourth-order valence-corrected chi connectivity index (χ4v) is 3.20. The fraction of sp³-hybridized carbons (Fsp3) is 0.562. The standard InChI is InChI=1S/C16H22FN5O2/c17-13-3-1-6-18-14(13)11-20-15(23)21-9-4-12(5-10-21)22-8-2-7-19-16(22)24/h1,3,6,12H,2,4-5,7-11H2,(H,19,24)(H,20,23). The van der Waals surface area contributed by atoms with E-state index in [1.54, 1.807) is 4.90 Å². The summed E-state index contributed by atoms with van der Waals surface area (Å²) in [4.78, 5) is 31.6. The van der Waals surface area contributed by atoms with Gasteiger partial charge in [0.05, 0.1) is 12.2 Å². The highest BCUT2D eigenvalue weighted by Gasteiger charge is 2.30.